The van der Waals surface area contributed by atoms with Gasteiger partial charge >= 0.3 is 5.27 Å². The minimum Gasteiger partial charge on any atom is -0.208 e. The van der Waals surface area contributed by atoms with E-state index in [4.69, 9.17) is 25.0 Å². The molecule has 36 heavy (non-hydrogen) atoms. The molecule has 0 N–H and O–H groups in total. The smallest absolute Gasteiger partial charge is 0.208 e. The summed E-state index contributed by atoms with van der Waals surface area (Å²) in [6.45, 7) is 47.0. The van der Waals surface area contributed by atoms with Gasteiger partial charge in [0.15, 0.2) is 0 Å². The highest BCUT2D eigenvalue weighted by atomic mass is 32.2. The molecule has 1 aromatic carbocycles. The van der Waals surface area contributed by atoms with Gasteiger partial charge in [0.1, 0.15) is 0 Å². The van der Waals surface area contributed by atoms with Gasteiger partial charge in [-0.3, -0.25) is 0 Å². The Balaban J connectivity index is 4.51. The summed E-state index contributed by atoms with van der Waals surface area (Å²) in [6, 6.07) is 5.48. The van der Waals surface area contributed by atoms with E-state index >= 15 is 0 Å². The van der Waals surface area contributed by atoms with Gasteiger partial charge in [0.2, 0.25) is 0 Å². The van der Waals surface area contributed by atoms with Gasteiger partial charge in [-0.15, -0.1) is 0 Å². The van der Waals surface area contributed by atoms with Crippen molar-refractivity contribution in [3.8, 4) is 0 Å². The van der Waals surface area contributed by atoms with Crippen LogP contribution in [0.2, 0.25) is 118 Å². The lowest BCUT2D eigenvalue weighted by atomic mass is 9.82. The van der Waals surface area contributed by atoms with E-state index in [9.17, 15) is 0 Å². The van der Waals surface area contributed by atoms with Crippen LogP contribution in [0.1, 0.15) is 32.2 Å². The van der Waals surface area contributed by atoms with Crippen LogP contribution in [0.3, 0.4) is 0 Å². The predicted octanol–water partition coefficient (Wildman–Crippen LogP) is 9.76. The van der Waals surface area contributed by atoms with Gasteiger partial charge in [-0.1, -0.05) is 147 Å². The highest BCUT2D eigenvalue weighted by Crippen LogP contribution is 2.44. The maximum Gasteiger partial charge on any atom is 0.301 e. The number of benzene rings is 1. The van der Waals surface area contributed by atoms with Crippen LogP contribution in [-0.4, -0.2) is 53.7 Å². The molecule has 0 radical (unpaired) electrons. The summed E-state index contributed by atoms with van der Waals surface area (Å²) < 4.78 is 0. The monoisotopic (exact) mass is 628 g/mol. The van der Waals surface area contributed by atoms with Crippen LogP contribution in [0.4, 0.5) is 0 Å². The van der Waals surface area contributed by atoms with Gasteiger partial charge in [-0.05, 0) is 21.1 Å². The van der Waals surface area contributed by atoms with Crippen molar-refractivity contribution in [3.63, 3.8) is 0 Å². The maximum absolute atomic E-state index is 5.14. The van der Waals surface area contributed by atoms with Crippen molar-refractivity contribution >= 4 is 84.1 Å². The molecule has 0 saturated carbocycles. The zero-order valence-corrected chi connectivity index (χ0v) is 35.1. The van der Waals surface area contributed by atoms with E-state index in [-0.39, 0.29) is 5.27 Å². The van der Waals surface area contributed by atoms with Crippen molar-refractivity contribution in [3.05, 3.63) is 28.8 Å². The zero-order chi connectivity index (χ0) is 29.0. The van der Waals surface area contributed by atoms with Gasteiger partial charge in [0, 0.05) is 48.4 Å². The molecule has 1 rings (SSSR count). The molecule has 9 heteroatoms. The molecule has 0 amide bonds. The van der Waals surface area contributed by atoms with Gasteiger partial charge < -0.3 is 0 Å². The molecule has 208 valence electrons. The van der Waals surface area contributed by atoms with E-state index in [1.165, 1.54) is 5.46 Å². The van der Waals surface area contributed by atoms with Crippen molar-refractivity contribution in [1.82, 2.24) is 0 Å². The van der Waals surface area contributed by atoms with Crippen LogP contribution in [0.5, 0.6) is 0 Å². The highest BCUT2D eigenvalue weighted by molar-refractivity contribution is 8.42. The topological polar surface area (TPSA) is 0 Å². The first kappa shape index (κ1) is 35.3. The Hall–Kier alpha value is 1.29. The molecule has 0 aliphatic heterocycles. The molecular formula is C27H61BS2Si6. The van der Waals surface area contributed by atoms with Crippen molar-refractivity contribution in [2.75, 3.05) is 0 Å². The molecule has 0 spiro atoms. The van der Waals surface area contributed by atoms with Crippen molar-refractivity contribution in [1.29, 1.82) is 0 Å². The van der Waals surface area contributed by atoms with Crippen LogP contribution < -0.4 is 5.46 Å². The van der Waals surface area contributed by atoms with Crippen LogP contribution in [-0.2, 0) is 0 Å². The van der Waals surface area contributed by atoms with E-state index in [1.807, 2.05) is 0 Å². The van der Waals surface area contributed by atoms with Crippen molar-refractivity contribution in [2.24, 2.45) is 0 Å². The van der Waals surface area contributed by atoms with E-state index in [0.717, 1.165) is 5.16 Å². The second-order valence-electron chi connectivity index (χ2n) is 18.0. The average molecular weight is 629 g/mol. The van der Waals surface area contributed by atoms with Crippen LogP contribution in [0, 0.1) is 0 Å². The van der Waals surface area contributed by atoms with Gasteiger partial charge in [-0.25, -0.2) is 25.0 Å². The summed E-state index contributed by atoms with van der Waals surface area (Å²) in [7, 11) is -8.87. The Morgan fingerprint density at radius 2 is 0.667 bits per heavy atom. The second-order valence-corrected chi connectivity index (χ2v) is 53.0. The fourth-order valence-corrected chi connectivity index (χ4v) is 47.2. The summed E-state index contributed by atoms with van der Waals surface area (Å²) in [5.74, 6) is 0. The summed E-state index contributed by atoms with van der Waals surface area (Å²) in [5.41, 5.74) is 6.53. The Kier molecular flexibility index (Phi) is 11.1. The molecule has 0 nitrogen and oxygen atoms in total. The Labute approximate surface area is 244 Å². The molecule has 0 saturated heterocycles. The average Bonchev–Trinajstić information content (AvgIpc) is 2.44. The molecule has 0 bridgehead atoms. The fraction of sp³-hybridized carbons (Fsp3) is 0.778. The zero-order valence-electron chi connectivity index (χ0n) is 27.4. The quantitative estimate of drug-likeness (QED) is 0.187. The fourth-order valence-electron chi connectivity index (χ4n) is 8.43. The number of thiol groups is 2. The molecule has 0 aliphatic carbocycles. The van der Waals surface area contributed by atoms with E-state index in [2.05, 4.69) is 130 Å². The minimum absolute atomic E-state index is 0.0216. The van der Waals surface area contributed by atoms with Crippen molar-refractivity contribution < 1.29 is 0 Å². The maximum atomic E-state index is 5.14. The first-order chi connectivity index (χ1) is 15.5. The van der Waals surface area contributed by atoms with Gasteiger partial charge in [0.05, 0.1) is 0 Å². The normalized spacial score (nSPS) is 14.9. The van der Waals surface area contributed by atoms with Gasteiger partial charge in [0.25, 0.3) is 0 Å². The predicted molar refractivity (Wildman–Crippen MR) is 198 cm³/mol. The lowest BCUT2D eigenvalue weighted by Gasteiger charge is -2.46. The minimum atomic E-state index is -1.50. The van der Waals surface area contributed by atoms with E-state index < -0.39 is 48.4 Å². The third-order valence-corrected chi connectivity index (χ3v) is 36.1. The first-order valence-electron chi connectivity index (χ1n) is 14.1. The number of rotatable bonds is 10. The number of hydrogen-bond acceptors (Lipinski definition) is 2. The SMILES string of the molecule is C[Si](C)(C)C(c1cc(C([Si](C)(C)C)[Si](C)(C)C)c(B(S)S)c(C([Si](C)(C)C)[Si](C)(C)C)c1)[Si](C)(C)C. The number of hydrogen-bond donors (Lipinski definition) is 2. The summed E-state index contributed by atoms with van der Waals surface area (Å²) in [5, 5.41) is 2.14. The second kappa shape index (κ2) is 11.3. The van der Waals surface area contributed by atoms with Crippen LogP contribution in [0.25, 0.3) is 0 Å². The highest BCUT2D eigenvalue weighted by Gasteiger charge is 2.46. The van der Waals surface area contributed by atoms with Crippen LogP contribution >= 0.6 is 25.0 Å². The van der Waals surface area contributed by atoms with Crippen LogP contribution in [0.15, 0.2) is 12.1 Å². The molecule has 0 atom stereocenters. The first-order valence-corrected chi connectivity index (χ1v) is 36.6. The Morgan fingerprint density at radius 3 is 0.833 bits per heavy atom. The largest absolute Gasteiger partial charge is 0.301 e. The third kappa shape index (κ3) is 8.64. The molecule has 1 aromatic rings. The van der Waals surface area contributed by atoms with E-state index in [1.54, 1.807) is 16.7 Å². The van der Waals surface area contributed by atoms with Gasteiger partial charge in [-0.2, -0.15) is 0 Å². The summed E-state index contributed by atoms with van der Waals surface area (Å²) in [4.78, 5) is 0. The molecule has 0 heterocycles. The lowest BCUT2D eigenvalue weighted by Crippen LogP contribution is -2.53. The molecule has 0 aliphatic rings. The standard InChI is InChI=1S/C27H61BS2Si6/c1-31(2,3)25(32(4,5)6)21-19-22(26(33(7,8)9)34(10,11)12)24(28(29)30)23(20-21)27(35(13,14)15)36(16,17)18/h19-20,25-27,29-30H,1-18H3. The van der Waals surface area contributed by atoms with E-state index in [0.29, 0.717) is 10.3 Å². The molecule has 0 fully saturated rings. The molecule has 0 aromatic heterocycles. The Bertz CT molecular complexity index is 812. The third-order valence-electron chi connectivity index (χ3n) is 7.68. The Morgan fingerprint density at radius 1 is 0.444 bits per heavy atom. The van der Waals surface area contributed by atoms with Crippen molar-refractivity contribution in [2.45, 2.75) is 133 Å². The lowest BCUT2D eigenvalue weighted by molar-refractivity contribution is 1.10. The summed E-state index contributed by atoms with van der Waals surface area (Å²) >= 11 is 10.3. The molecule has 0 unspecified atom stereocenters. The summed E-state index contributed by atoms with van der Waals surface area (Å²) in [6.07, 6.45) is 0. The molecular weight excluding hydrogens is 568 g/mol.